The van der Waals surface area contributed by atoms with Crippen LogP contribution in [0, 0.1) is 11.3 Å². The van der Waals surface area contributed by atoms with Crippen LogP contribution in [0.4, 0.5) is 0 Å². The summed E-state index contributed by atoms with van der Waals surface area (Å²) in [6.45, 7) is 4.83. The molecule has 0 heterocycles. The van der Waals surface area contributed by atoms with Crippen LogP contribution in [0.5, 0.6) is 0 Å². The number of carboxylic acid groups (broad SMARTS) is 1. The van der Waals surface area contributed by atoms with Gasteiger partial charge in [-0.25, -0.2) is 0 Å². The van der Waals surface area contributed by atoms with E-state index in [0.29, 0.717) is 0 Å². The van der Waals surface area contributed by atoms with Crippen LogP contribution in [0.3, 0.4) is 0 Å². The van der Waals surface area contributed by atoms with Crippen molar-refractivity contribution in [1.82, 2.24) is 4.90 Å². The predicted molar refractivity (Wildman–Crippen MR) is 65.9 cm³/mol. The van der Waals surface area contributed by atoms with Gasteiger partial charge in [-0.05, 0) is 12.8 Å². The number of carboxylic acids is 1. The molecule has 0 bridgehead atoms. The number of aliphatic hydroxyl groups is 2. The SMILES string of the molecule is CC(C)C(C)(CC(=O)N(CCO)CCO)C(=O)O. The summed E-state index contributed by atoms with van der Waals surface area (Å²) in [5.74, 6) is -1.57. The van der Waals surface area contributed by atoms with Crippen LogP contribution < -0.4 is 0 Å². The van der Waals surface area contributed by atoms with Crippen molar-refractivity contribution in [1.29, 1.82) is 0 Å². The first-order chi connectivity index (χ1) is 8.29. The number of carbonyl (C=O) groups is 2. The molecule has 3 N–H and O–H groups in total. The number of carbonyl (C=O) groups excluding carboxylic acids is 1. The number of aliphatic carboxylic acids is 1. The molecule has 18 heavy (non-hydrogen) atoms. The Morgan fingerprint density at radius 3 is 1.89 bits per heavy atom. The van der Waals surface area contributed by atoms with E-state index in [1.165, 1.54) is 11.8 Å². The summed E-state index contributed by atoms with van der Waals surface area (Å²) in [4.78, 5) is 24.5. The molecule has 0 rings (SSSR count). The molecule has 0 fully saturated rings. The van der Waals surface area contributed by atoms with Crippen molar-refractivity contribution in [3.8, 4) is 0 Å². The highest BCUT2D eigenvalue weighted by molar-refractivity contribution is 5.85. The zero-order valence-electron chi connectivity index (χ0n) is 11.2. The summed E-state index contributed by atoms with van der Waals surface area (Å²) in [5, 5.41) is 26.9. The van der Waals surface area contributed by atoms with E-state index in [0.717, 1.165) is 0 Å². The fourth-order valence-electron chi connectivity index (χ4n) is 1.56. The molecule has 0 aliphatic carbocycles. The van der Waals surface area contributed by atoms with E-state index in [9.17, 15) is 14.7 Å². The average molecular weight is 261 g/mol. The average Bonchev–Trinajstić information content (AvgIpc) is 2.27. The maximum absolute atomic E-state index is 12.0. The number of nitrogens with zero attached hydrogens (tertiary/aromatic N) is 1. The summed E-state index contributed by atoms with van der Waals surface area (Å²) in [6, 6.07) is 0. The Labute approximate surface area is 107 Å². The smallest absolute Gasteiger partial charge is 0.310 e. The molecule has 1 atom stereocenters. The fraction of sp³-hybridized carbons (Fsp3) is 0.833. The van der Waals surface area contributed by atoms with Crippen molar-refractivity contribution >= 4 is 11.9 Å². The second-order valence-electron chi connectivity index (χ2n) is 4.88. The molecule has 0 spiro atoms. The van der Waals surface area contributed by atoms with E-state index in [2.05, 4.69) is 0 Å². The molecule has 1 amide bonds. The molecule has 6 nitrogen and oxygen atoms in total. The van der Waals surface area contributed by atoms with Crippen LogP contribution in [0.2, 0.25) is 0 Å². The lowest BCUT2D eigenvalue weighted by Crippen LogP contribution is -2.42. The quantitative estimate of drug-likeness (QED) is 0.568. The van der Waals surface area contributed by atoms with Gasteiger partial charge < -0.3 is 20.2 Å². The summed E-state index contributed by atoms with van der Waals surface area (Å²) in [6.07, 6.45) is -0.139. The molecule has 1 unspecified atom stereocenters. The van der Waals surface area contributed by atoms with Crippen LogP contribution in [0.15, 0.2) is 0 Å². The van der Waals surface area contributed by atoms with Gasteiger partial charge in [-0.3, -0.25) is 9.59 Å². The number of hydrogen-bond acceptors (Lipinski definition) is 4. The molecular formula is C12H23NO5. The highest BCUT2D eigenvalue weighted by Crippen LogP contribution is 2.32. The highest BCUT2D eigenvalue weighted by atomic mass is 16.4. The third-order valence-electron chi connectivity index (χ3n) is 3.37. The van der Waals surface area contributed by atoms with E-state index in [4.69, 9.17) is 10.2 Å². The summed E-state index contributed by atoms with van der Waals surface area (Å²) in [7, 11) is 0. The van der Waals surface area contributed by atoms with Gasteiger partial charge in [-0.1, -0.05) is 13.8 Å². The van der Waals surface area contributed by atoms with Gasteiger partial charge in [-0.2, -0.15) is 0 Å². The molecule has 0 aromatic carbocycles. The van der Waals surface area contributed by atoms with Crippen molar-refractivity contribution in [3.63, 3.8) is 0 Å². The molecule has 0 saturated carbocycles. The van der Waals surface area contributed by atoms with E-state index in [1.807, 2.05) is 0 Å². The standard InChI is InChI=1S/C12H23NO5/c1-9(2)12(3,11(17)18)8-10(16)13(4-6-14)5-7-15/h9,14-15H,4-8H2,1-3H3,(H,17,18). The van der Waals surface area contributed by atoms with Crippen LogP contribution >= 0.6 is 0 Å². The van der Waals surface area contributed by atoms with Gasteiger partial charge in [0, 0.05) is 19.5 Å². The second-order valence-corrected chi connectivity index (χ2v) is 4.88. The topological polar surface area (TPSA) is 98.1 Å². The molecule has 0 aromatic heterocycles. The zero-order valence-corrected chi connectivity index (χ0v) is 11.2. The van der Waals surface area contributed by atoms with Crippen LogP contribution in [0.1, 0.15) is 27.2 Å². The first-order valence-electron chi connectivity index (χ1n) is 6.02. The Hall–Kier alpha value is -1.14. The minimum atomic E-state index is -1.14. The normalized spacial score (nSPS) is 14.3. The van der Waals surface area contributed by atoms with Crippen molar-refractivity contribution in [2.75, 3.05) is 26.3 Å². The van der Waals surface area contributed by atoms with Gasteiger partial charge >= 0.3 is 5.97 Å². The molecule has 6 heteroatoms. The number of aliphatic hydroxyl groups excluding tert-OH is 2. The first-order valence-corrected chi connectivity index (χ1v) is 6.02. The lowest BCUT2D eigenvalue weighted by molar-refractivity contribution is -0.155. The molecule has 0 aliphatic heterocycles. The summed E-state index contributed by atoms with van der Waals surface area (Å²) >= 11 is 0. The van der Waals surface area contributed by atoms with Crippen LogP contribution in [-0.2, 0) is 9.59 Å². The zero-order chi connectivity index (χ0) is 14.3. The van der Waals surface area contributed by atoms with Crippen LogP contribution in [0.25, 0.3) is 0 Å². The molecule has 106 valence electrons. The molecule has 0 radical (unpaired) electrons. The van der Waals surface area contributed by atoms with Gasteiger partial charge in [0.1, 0.15) is 0 Å². The maximum Gasteiger partial charge on any atom is 0.310 e. The lowest BCUT2D eigenvalue weighted by atomic mass is 9.76. The first kappa shape index (κ1) is 16.9. The van der Waals surface area contributed by atoms with Gasteiger partial charge in [0.25, 0.3) is 0 Å². The van der Waals surface area contributed by atoms with E-state index in [1.54, 1.807) is 13.8 Å². The Morgan fingerprint density at radius 2 is 1.61 bits per heavy atom. The summed E-state index contributed by atoms with van der Waals surface area (Å²) in [5.41, 5.74) is -1.14. The van der Waals surface area contributed by atoms with Gasteiger partial charge in [0.05, 0.1) is 18.6 Å². The second kappa shape index (κ2) is 7.33. The molecule has 0 saturated heterocycles. The minimum Gasteiger partial charge on any atom is -0.481 e. The Morgan fingerprint density at radius 1 is 1.17 bits per heavy atom. The lowest BCUT2D eigenvalue weighted by Gasteiger charge is -2.31. The van der Waals surface area contributed by atoms with E-state index >= 15 is 0 Å². The van der Waals surface area contributed by atoms with Crippen molar-refractivity contribution in [2.24, 2.45) is 11.3 Å². The monoisotopic (exact) mass is 261 g/mol. The van der Waals surface area contributed by atoms with Crippen molar-refractivity contribution < 1.29 is 24.9 Å². The van der Waals surface area contributed by atoms with E-state index in [-0.39, 0.29) is 44.5 Å². The number of amides is 1. The Bertz CT molecular complexity index is 286. The fourth-order valence-corrected chi connectivity index (χ4v) is 1.56. The number of rotatable bonds is 8. The molecule has 0 aliphatic rings. The van der Waals surface area contributed by atoms with Gasteiger partial charge in [0.2, 0.25) is 5.91 Å². The van der Waals surface area contributed by atoms with Gasteiger partial charge in [-0.15, -0.1) is 0 Å². The largest absolute Gasteiger partial charge is 0.481 e. The number of hydrogen-bond donors (Lipinski definition) is 3. The summed E-state index contributed by atoms with van der Waals surface area (Å²) < 4.78 is 0. The minimum absolute atomic E-state index is 0.104. The Balaban J connectivity index is 4.82. The molecular weight excluding hydrogens is 238 g/mol. The van der Waals surface area contributed by atoms with Crippen molar-refractivity contribution in [3.05, 3.63) is 0 Å². The third-order valence-corrected chi connectivity index (χ3v) is 3.37. The van der Waals surface area contributed by atoms with E-state index < -0.39 is 11.4 Å². The highest BCUT2D eigenvalue weighted by Gasteiger charge is 2.39. The Kier molecular flexibility index (Phi) is 6.86. The molecule has 0 aromatic rings. The van der Waals surface area contributed by atoms with Gasteiger partial charge in [0.15, 0.2) is 0 Å². The third kappa shape index (κ3) is 4.27. The predicted octanol–water partition coefficient (Wildman–Crippen LogP) is -0.0634. The maximum atomic E-state index is 12.0. The van der Waals surface area contributed by atoms with Crippen LogP contribution in [-0.4, -0.2) is 58.4 Å². The van der Waals surface area contributed by atoms with Crippen molar-refractivity contribution in [2.45, 2.75) is 27.2 Å².